The summed E-state index contributed by atoms with van der Waals surface area (Å²) >= 11 is -1.95. The van der Waals surface area contributed by atoms with Gasteiger partial charge in [-0.25, -0.2) is 4.21 Å². The number of amides is 1. The SMILES string of the molecule is O=C1C(c2ccccc2)C(c2ccc(CS(=O)O)cc2)CN1c1ccc(C(F)(F)F)cc1. The number of carbonyl (C=O) groups excluding carboxylic acids is 1. The molecule has 1 amide bonds. The van der Waals surface area contributed by atoms with Crippen LogP contribution in [0.25, 0.3) is 0 Å². The van der Waals surface area contributed by atoms with E-state index in [1.165, 1.54) is 17.0 Å². The standard InChI is InChI=1S/C24H20F3NO3S/c25-24(26,27)19-10-12-20(13-11-19)28-14-21(17-8-6-16(7-9-17)15-32(30)31)22(23(28)29)18-4-2-1-3-5-18/h1-13,21-22H,14-15H2,(H,30,31). The van der Waals surface area contributed by atoms with Gasteiger partial charge in [0.15, 0.2) is 11.1 Å². The molecule has 1 N–H and O–H groups in total. The van der Waals surface area contributed by atoms with Gasteiger partial charge in [0.05, 0.1) is 17.2 Å². The monoisotopic (exact) mass is 459 g/mol. The Morgan fingerprint density at radius 3 is 2.09 bits per heavy atom. The fraction of sp³-hybridized carbons (Fsp3) is 0.208. The molecule has 166 valence electrons. The summed E-state index contributed by atoms with van der Waals surface area (Å²) in [6.07, 6.45) is -4.44. The molecule has 0 saturated carbocycles. The number of hydrogen-bond acceptors (Lipinski definition) is 2. The highest BCUT2D eigenvalue weighted by atomic mass is 32.2. The van der Waals surface area contributed by atoms with Gasteiger partial charge in [-0.15, -0.1) is 0 Å². The van der Waals surface area contributed by atoms with Crippen molar-refractivity contribution < 1.29 is 26.7 Å². The van der Waals surface area contributed by atoms with Crippen molar-refractivity contribution in [2.24, 2.45) is 0 Å². The Kier molecular flexibility index (Phi) is 6.17. The van der Waals surface area contributed by atoms with Crippen LogP contribution in [0.5, 0.6) is 0 Å². The molecule has 1 heterocycles. The number of alkyl halides is 3. The molecule has 3 aromatic rings. The molecule has 3 atom stereocenters. The minimum atomic E-state index is -4.44. The van der Waals surface area contributed by atoms with Crippen LogP contribution in [0.1, 0.15) is 34.1 Å². The molecule has 1 aliphatic rings. The lowest BCUT2D eigenvalue weighted by Gasteiger charge is -2.18. The van der Waals surface area contributed by atoms with E-state index in [0.29, 0.717) is 17.8 Å². The van der Waals surface area contributed by atoms with E-state index in [1.54, 1.807) is 12.1 Å². The van der Waals surface area contributed by atoms with Crippen molar-refractivity contribution in [1.82, 2.24) is 0 Å². The molecule has 8 heteroatoms. The Labute approximate surface area is 186 Å². The summed E-state index contributed by atoms with van der Waals surface area (Å²) in [5, 5.41) is 0. The highest BCUT2D eigenvalue weighted by Gasteiger charge is 2.42. The summed E-state index contributed by atoms with van der Waals surface area (Å²) in [5.74, 6) is -0.873. The van der Waals surface area contributed by atoms with Crippen LogP contribution >= 0.6 is 0 Å². The molecule has 0 spiro atoms. The topological polar surface area (TPSA) is 57.6 Å². The summed E-state index contributed by atoms with van der Waals surface area (Å²) in [5.41, 5.74) is 2.07. The first-order valence-electron chi connectivity index (χ1n) is 9.94. The average Bonchev–Trinajstić information content (AvgIpc) is 3.11. The Bertz CT molecular complexity index is 1120. The van der Waals surface area contributed by atoms with E-state index in [0.717, 1.165) is 23.3 Å². The lowest BCUT2D eigenvalue weighted by molar-refractivity contribution is -0.137. The second-order valence-corrected chi connectivity index (χ2v) is 8.63. The zero-order valence-electron chi connectivity index (χ0n) is 16.8. The molecule has 0 aromatic heterocycles. The van der Waals surface area contributed by atoms with Crippen LogP contribution < -0.4 is 4.90 Å². The van der Waals surface area contributed by atoms with E-state index < -0.39 is 28.7 Å². The summed E-state index contributed by atoms with van der Waals surface area (Å²) in [6.45, 7) is 0.315. The predicted molar refractivity (Wildman–Crippen MR) is 117 cm³/mol. The summed E-state index contributed by atoms with van der Waals surface area (Å²) in [4.78, 5) is 14.9. The van der Waals surface area contributed by atoms with Crippen LogP contribution in [0.2, 0.25) is 0 Å². The van der Waals surface area contributed by atoms with Gasteiger partial charge in [0.2, 0.25) is 5.91 Å². The third-order valence-corrected chi connectivity index (χ3v) is 6.26. The van der Waals surface area contributed by atoms with E-state index in [4.69, 9.17) is 4.55 Å². The molecule has 0 radical (unpaired) electrons. The molecule has 1 aliphatic heterocycles. The largest absolute Gasteiger partial charge is 0.416 e. The van der Waals surface area contributed by atoms with Gasteiger partial charge in [0.25, 0.3) is 0 Å². The number of rotatable bonds is 5. The van der Waals surface area contributed by atoms with Crippen LogP contribution in [-0.2, 0) is 27.8 Å². The summed E-state index contributed by atoms with van der Waals surface area (Å²) in [7, 11) is 0. The number of carbonyl (C=O) groups is 1. The van der Waals surface area contributed by atoms with Crippen molar-refractivity contribution in [1.29, 1.82) is 0 Å². The highest BCUT2D eigenvalue weighted by molar-refractivity contribution is 7.78. The van der Waals surface area contributed by atoms with Crippen LogP contribution in [0.15, 0.2) is 78.9 Å². The first-order chi connectivity index (χ1) is 15.2. The fourth-order valence-corrected chi connectivity index (χ4v) is 4.61. The Morgan fingerprint density at radius 1 is 0.906 bits per heavy atom. The number of halogens is 3. The van der Waals surface area contributed by atoms with Gasteiger partial charge in [-0.1, -0.05) is 54.6 Å². The van der Waals surface area contributed by atoms with Gasteiger partial charge in [-0.2, -0.15) is 13.2 Å². The molecule has 4 rings (SSSR count). The molecule has 1 fully saturated rings. The first-order valence-corrected chi connectivity index (χ1v) is 11.2. The number of hydrogen-bond donors (Lipinski definition) is 1. The van der Waals surface area contributed by atoms with E-state index >= 15 is 0 Å². The smallest absolute Gasteiger partial charge is 0.311 e. The molecule has 4 nitrogen and oxygen atoms in total. The fourth-order valence-electron chi connectivity index (χ4n) is 4.13. The second-order valence-electron chi connectivity index (χ2n) is 7.70. The van der Waals surface area contributed by atoms with Crippen LogP contribution in [0, 0.1) is 0 Å². The van der Waals surface area contributed by atoms with Crippen molar-refractivity contribution in [3.8, 4) is 0 Å². The molecule has 3 aromatic carbocycles. The van der Waals surface area contributed by atoms with Crippen molar-refractivity contribution in [2.45, 2.75) is 23.8 Å². The van der Waals surface area contributed by atoms with Crippen molar-refractivity contribution >= 4 is 22.7 Å². The minimum absolute atomic E-state index is 0.0175. The molecule has 0 bridgehead atoms. The lowest BCUT2D eigenvalue weighted by atomic mass is 9.83. The molecule has 3 unspecified atom stereocenters. The third kappa shape index (κ3) is 4.61. The molecule has 32 heavy (non-hydrogen) atoms. The summed E-state index contributed by atoms with van der Waals surface area (Å²) < 4.78 is 59.0. The van der Waals surface area contributed by atoms with Crippen LogP contribution in [0.4, 0.5) is 18.9 Å². The van der Waals surface area contributed by atoms with Crippen molar-refractivity contribution in [3.05, 3.63) is 101 Å². The maximum atomic E-state index is 13.4. The maximum Gasteiger partial charge on any atom is 0.416 e. The van der Waals surface area contributed by atoms with E-state index in [2.05, 4.69) is 0 Å². The average molecular weight is 459 g/mol. The summed E-state index contributed by atoms with van der Waals surface area (Å²) in [6, 6.07) is 21.1. The number of anilines is 1. The Hall–Kier alpha value is -2.97. The number of benzene rings is 3. The van der Waals surface area contributed by atoms with Gasteiger partial charge < -0.3 is 9.45 Å². The third-order valence-electron chi connectivity index (χ3n) is 5.68. The zero-order chi connectivity index (χ0) is 22.9. The van der Waals surface area contributed by atoms with E-state index in [-0.39, 0.29) is 17.6 Å². The highest BCUT2D eigenvalue weighted by Crippen LogP contribution is 2.43. The normalized spacial score (nSPS) is 19.9. The Morgan fingerprint density at radius 2 is 1.53 bits per heavy atom. The Balaban J connectivity index is 1.68. The molecular formula is C24H20F3NO3S. The second kappa shape index (κ2) is 8.88. The zero-order valence-corrected chi connectivity index (χ0v) is 17.6. The predicted octanol–water partition coefficient (Wildman–Crippen LogP) is 5.34. The van der Waals surface area contributed by atoms with Gasteiger partial charge in [0, 0.05) is 18.2 Å². The first kappa shape index (κ1) is 22.2. The molecular weight excluding hydrogens is 439 g/mol. The maximum absolute atomic E-state index is 13.4. The van der Waals surface area contributed by atoms with Gasteiger partial charge >= 0.3 is 6.18 Å². The van der Waals surface area contributed by atoms with Gasteiger partial charge in [0.1, 0.15) is 0 Å². The minimum Gasteiger partial charge on any atom is -0.311 e. The quantitative estimate of drug-likeness (QED) is 0.524. The van der Waals surface area contributed by atoms with Crippen LogP contribution in [-0.4, -0.2) is 21.2 Å². The lowest BCUT2D eigenvalue weighted by Crippen LogP contribution is -2.26. The van der Waals surface area contributed by atoms with E-state index in [1.807, 2.05) is 42.5 Å². The number of nitrogens with zero attached hydrogens (tertiary/aromatic N) is 1. The van der Waals surface area contributed by atoms with Gasteiger partial charge in [-0.3, -0.25) is 4.79 Å². The molecule has 1 saturated heterocycles. The van der Waals surface area contributed by atoms with Crippen molar-refractivity contribution in [2.75, 3.05) is 11.4 Å². The van der Waals surface area contributed by atoms with Crippen molar-refractivity contribution in [3.63, 3.8) is 0 Å². The van der Waals surface area contributed by atoms with E-state index in [9.17, 15) is 22.2 Å². The van der Waals surface area contributed by atoms with Crippen LogP contribution in [0.3, 0.4) is 0 Å². The molecule has 0 aliphatic carbocycles. The van der Waals surface area contributed by atoms with Gasteiger partial charge in [-0.05, 0) is 41.0 Å².